The van der Waals surface area contributed by atoms with Crippen molar-refractivity contribution in [3.63, 3.8) is 0 Å². The standard InChI is InChI=1S/C70H136O6/c1-4-7-10-13-15-17-19-21-23-25-27-29-31-33-34-35-37-38-40-42-44-46-48-50-52-54-57-60-63-69(72)75-66-67(65-74-68(71)62-59-56-12-9-6-3)76-70(73)64-61-58-55-53-51-49-47-45-43-41-39-36-32-30-28-26-24-22-20-18-16-14-11-8-5-2/h67H,4-66H2,1-3H3. The molecule has 0 heterocycles. The van der Waals surface area contributed by atoms with Crippen molar-refractivity contribution in [2.75, 3.05) is 13.2 Å². The lowest BCUT2D eigenvalue weighted by Gasteiger charge is -2.18. The monoisotopic (exact) mass is 1070 g/mol. The second-order valence-corrected chi connectivity index (χ2v) is 24.2. The van der Waals surface area contributed by atoms with Crippen LogP contribution in [-0.2, 0) is 28.6 Å². The highest BCUT2D eigenvalue weighted by Crippen LogP contribution is 2.19. The predicted molar refractivity (Wildman–Crippen MR) is 330 cm³/mol. The van der Waals surface area contributed by atoms with E-state index in [2.05, 4.69) is 20.8 Å². The third-order valence-electron chi connectivity index (χ3n) is 16.4. The van der Waals surface area contributed by atoms with Crippen LogP contribution in [-0.4, -0.2) is 37.2 Å². The van der Waals surface area contributed by atoms with E-state index in [9.17, 15) is 14.4 Å². The van der Waals surface area contributed by atoms with E-state index >= 15 is 0 Å². The minimum atomic E-state index is -0.761. The van der Waals surface area contributed by atoms with Crippen molar-refractivity contribution in [3.05, 3.63) is 0 Å². The third-order valence-corrected chi connectivity index (χ3v) is 16.4. The number of carbonyl (C=O) groups excluding carboxylic acids is 3. The molecule has 0 aromatic carbocycles. The largest absolute Gasteiger partial charge is 0.462 e. The van der Waals surface area contributed by atoms with Crippen LogP contribution in [0.3, 0.4) is 0 Å². The van der Waals surface area contributed by atoms with Crippen molar-refractivity contribution in [2.45, 2.75) is 419 Å². The first kappa shape index (κ1) is 74.4. The Morgan fingerprint density at radius 1 is 0.211 bits per heavy atom. The molecule has 0 fully saturated rings. The van der Waals surface area contributed by atoms with Gasteiger partial charge in [-0.3, -0.25) is 14.4 Å². The molecule has 0 aliphatic carbocycles. The van der Waals surface area contributed by atoms with Gasteiger partial charge in [0.25, 0.3) is 0 Å². The number of esters is 3. The molecule has 6 heteroatoms. The maximum Gasteiger partial charge on any atom is 0.306 e. The second kappa shape index (κ2) is 65.9. The molecule has 76 heavy (non-hydrogen) atoms. The first-order chi connectivity index (χ1) is 37.5. The van der Waals surface area contributed by atoms with Gasteiger partial charge < -0.3 is 14.2 Å². The minimum absolute atomic E-state index is 0.0621. The Kier molecular flexibility index (Phi) is 64.5. The Balaban J connectivity index is 3.90. The summed E-state index contributed by atoms with van der Waals surface area (Å²) in [5.41, 5.74) is 0. The lowest BCUT2D eigenvalue weighted by Crippen LogP contribution is -2.30. The molecule has 0 rings (SSSR count). The van der Waals surface area contributed by atoms with Crippen LogP contribution in [0, 0.1) is 0 Å². The van der Waals surface area contributed by atoms with Gasteiger partial charge in [-0.25, -0.2) is 0 Å². The van der Waals surface area contributed by atoms with E-state index in [0.29, 0.717) is 19.3 Å². The minimum Gasteiger partial charge on any atom is -0.462 e. The molecule has 0 spiro atoms. The lowest BCUT2D eigenvalue weighted by molar-refractivity contribution is -0.167. The zero-order chi connectivity index (χ0) is 55.0. The van der Waals surface area contributed by atoms with Gasteiger partial charge in [-0.05, 0) is 19.3 Å². The highest BCUT2D eigenvalue weighted by atomic mass is 16.6. The maximum absolute atomic E-state index is 12.8. The number of ether oxygens (including phenoxy) is 3. The van der Waals surface area contributed by atoms with Crippen LogP contribution in [0.5, 0.6) is 0 Å². The van der Waals surface area contributed by atoms with Crippen LogP contribution >= 0.6 is 0 Å². The summed E-state index contributed by atoms with van der Waals surface area (Å²) in [5, 5.41) is 0. The molecular formula is C70H136O6. The molecule has 0 aliphatic heterocycles. The Morgan fingerprint density at radius 3 is 0.526 bits per heavy atom. The predicted octanol–water partition coefficient (Wildman–Crippen LogP) is 23.8. The molecular weight excluding hydrogens is 937 g/mol. The van der Waals surface area contributed by atoms with E-state index in [1.54, 1.807) is 0 Å². The van der Waals surface area contributed by atoms with Gasteiger partial charge in [0.2, 0.25) is 0 Å². The quantitative estimate of drug-likeness (QED) is 0.0343. The van der Waals surface area contributed by atoms with Crippen LogP contribution in [0.25, 0.3) is 0 Å². The normalized spacial score (nSPS) is 11.9. The number of rotatable bonds is 66. The summed E-state index contributed by atoms with van der Waals surface area (Å²) >= 11 is 0. The van der Waals surface area contributed by atoms with Crippen molar-refractivity contribution >= 4 is 17.9 Å². The van der Waals surface area contributed by atoms with E-state index < -0.39 is 6.10 Å². The molecule has 0 saturated heterocycles. The van der Waals surface area contributed by atoms with Gasteiger partial charge in [-0.1, -0.05) is 374 Å². The summed E-state index contributed by atoms with van der Waals surface area (Å²) in [7, 11) is 0. The summed E-state index contributed by atoms with van der Waals surface area (Å²) in [4.78, 5) is 38.0. The fourth-order valence-electron chi connectivity index (χ4n) is 11.1. The molecule has 1 atom stereocenters. The first-order valence-electron chi connectivity index (χ1n) is 35.0. The van der Waals surface area contributed by atoms with Gasteiger partial charge in [0.15, 0.2) is 6.10 Å². The summed E-state index contributed by atoms with van der Waals surface area (Å²) < 4.78 is 16.8. The Hall–Kier alpha value is -1.59. The van der Waals surface area contributed by atoms with E-state index in [4.69, 9.17) is 14.2 Å². The highest BCUT2D eigenvalue weighted by molar-refractivity contribution is 5.71. The summed E-state index contributed by atoms with van der Waals surface area (Å²) in [6, 6.07) is 0. The van der Waals surface area contributed by atoms with Crippen molar-refractivity contribution in [3.8, 4) is 0 Å². The molecule has 0 aliphatic rings. The third kappa shape index (κ3) is 63.2. The van der Waals surface area contributed by atoms with E-state index in [0.717, 1.165) is 64.2 Å². The molecule has 0 bridgehead atoms. The number of hydrogen-bond acceptors (Lipinski definition) is 6. The van der Waals surface area contributed by atoms with Gasteiger partial charge in [-0.15, -0.1) is 0 Å². The van der Waals surface area contributed by atoms with Gasteiger partial charge >= 0.3 is 17.9 Å². The van der Waals surface area contributed by atoms with Crippen molar-refractivity contribution in [2.24, 2.45) is 0 Å². The average molecular weight is 1070 g/mol. The average Bonchev–Trinajstić information content (AvgIpc) is 3.42. The molecule has 1 unspecified atom stereocenters. The highest BCUT2D eigenvalue weighted by Gasteiger charge is 2.19. The Labute approximate surface area is 476 Å². The van der Waals surface area contributed by atoms with Crippen LogP contribution in [0.1, 0.15) is 412 Å². The molecule has 0 radical (unpaired) electrons. The van der Waals surface area contributed by atoms with Gasteiger partial charge in [0, 0.05) is 19.3 Å². The van der Waals surface area contributed by atoms with Gasteiger partial charge in [0.05, 0.1) is 0 Å². The number of carbonyl (C=O) groups is 3. The topological polar surface area (TPSA) is 78.9 Å². The van der Waals surface area contributed by atoms with Crippen molar-refractivity contribution < 1.29 is 28.6 Å². The van der Waals surface area contributed by atoms with E-state index in [1.165, 1.54) is 308 Å². The number of unbranched alkanes of at least 4 members (excludes halogenated alkanes) is 55. The Bertz CT molecular complexity index is 1140. The van der Waals surface area contributed by atoms with Gasteiger partial charge in [-0.2, -0.15) is 0 Å². The lowest BCUT2D eigenvalue weighted by atomic mass is 10.0. The molecule has 0 aromatic heterocycles. The van der Waals surface area contributed by atoms with Crippen LogP contribution in [0.15, 0.2) is 0 Å². The molecule has 0 saturated carbocycles. The molecule has 0 amide bonds. The maximum atomic E-state index is 12.8. The van der Waals surface area contributed by atoms with E-state index in [1.807, 2.05) is 0 Å². The van der Waals surface area contributed by atoms with Crippen molar-refractivity contribution in [1.29, 1.82) is 0 Å². The Morgan fingerprint density at radius 2 is 0.355 bits per heavy atom. The number of hydrogen-bond donors (Lipinski definition) is 0. The molecule has 0 aromatic rings. The van der Waals surface area contributed by atoms with Crippen molar-refractivity contribution in [1.82, 2.24) is 0 Å². The van der Waals surface area contributed by atoms with Crippen LogP contribution in [0.4, 0.5) is 0 Å². The van der Waals surface area contributed by atoms with Crippen LogP contribution < -0.4 is 0 Å². The first-order valence-corrected chi connectivity index (χ1v) is 35.0. The molecule has 0 N–H and O–H groups in total. The van der Waals surface area contributed by atoms with Gasteiger partial charge in [0.1, 0.15) is 13.2 Å². The zero-order valence-electron chi connectivity index (χ0n) is 52.1. The second-order valence-electron chi connectivity index (χ2n) is 24.2. The molecule has 452 valence electrons. The zero-order valence-corrected chi connectivity index (χ0v) is 52.1. The SMILES string of the molecule is CCCCCCCCCCCCCCCCCCCCCCCCCCCCCCC(=O)OCC(COC(=O)CCCCCCC)OC(=O)CCCCCCCCCCCCCCCCCCCCCCCCCCC. The van der Waals surface area contributed by atoms with E-state index in [-0.39, 0.29) is 31.1 Å². The summed E-state index contributed by atoms with van der Waals surface area (Å²) in [6.07, 6.45) is 77.7. The fraction of sp³-hybridized carbons (Fsp3) is 0.957. The smallest absolute Gasteiger partial charge is 0.306 e. The summed E-state index contributed by atoms with van der Waals surface area (Å²) in [6.45, 7) is 6.65. The molecule has 6 nitrogen and oxygen atoms in total. The van der Waals surface area contributed by atoms with Crippen LogP contribution in [0.2, 0.25) is 0 Å². The fourth-order valence-corrected chi connectivity index (χ4v) is 11.1. The summed E-state index contributed by atoms with van der Waals surface area (Å²) in [5.74, 6) is -0.843.